The average molecular weight is 232 g/mol. The lowest BCUT2D eigenvalue weighted by molar-refractivity contribution is 0.0627. The third-order valence-corrected chi connectivity index (χ3v) is 3.24. The normalized spacial score (nSPS) is 19.6. The first-order chi connectivity index (χ1) is 8.20. The van der Waals surface area contributed by atoms with E-state index in [0.717, 1.165) is 25.1 Å². The number of hydrogen-bond donors (Lipinski definition) is 1. The Kier molecular flexibility index (Phi) is 3.79. The summed E-state index contributed by atoms with van der Waals surface area (Å²) < 4.78 is 0. The van der Waals surface area contributed by atoms with E-state index in [1.807, 2.05) is 35.2 Å². The summed E-state index contributed by atoms with van der Waals surface area (Å²) in [5.74, 6) is 0.148. The van der Waals surface area contributed by atoms with Crippen LogP contribution >= 0.6 is 0 Å². The minimum absolute atomic E-state index is 0.148. The van der Waals surface area contributed by atoms with Crippen molar-refractivity contribution in [3.05, 3.63) is 35.9 Å². The monoisotopic (exact) mass is 232 g/mol. The van der Waals surface area contributed by atoms with Crippen molar-refractivity contribution in [2.24, 2.45) is 0 Å². The number of carbonyl (C=O) groups excluding carboxylic acids is 1. The zero-order valence-electron chi connectivity index (χ0n) is 10.5. The van der Waals surface area contributed by atoms with Gasteiger partial charge in [-0.05, 0) is 38.9 Å². The summed E-state index contributed by atoms with van der Waals surface area (Å²) in [5, 5.41) is 3.32. The van der Waals surface area contributed by atoms with Crippen LogP contribution in [0.2, 0.25) is 0 Å². The van der Waals surface area contributed by atoms with Gasteiger partial charge in [0.15, 0.2) is 0 Å². The fourth-order valence-electron chi connectivity index (χ4n) is 2.43. The molecule has 0 radical (unpaired) electrons. The highest BCUT2D eigenvalue weighted by Crippen LogP contribution is 2.16. The largest absolute Gasteiger partial charge is 0.332 e. The summed E-state index contributed by atoms with van der Waals surface area (Å²) in [5.41, 5.74) is 0.785. The van der Waals surface area contributed by atoms with Gasteiger partial charge >= 0.3 is 0 Å². The van der Waals surface area contributed by atoms with Crippen LogP contribution in [0.25, 0.3) is 0 Å². The zero-order chi connectivity index (χ0) is 12.3. The molecule has 92 valence electrons. The molecule has 17 heavy (non-hydrogen) atoms. The Morgan fingerprint density at radius 1 is 1.35 bits per heavy atom. The summed E-state index contributed by atoms with van der Waals surface area (Å²) in [4.78, 5) is 14.5. The topological polar surface area (TPSA) is 32.3 Å². The second-order valence-electron chi connectivity index (χ2n) is 4.82. The van der Waals surface area contributed by atoms with Crippen molar-refractivity contribution in [1.29, 1.82) is 0 Å². The molecule has 1 fully saturated rings. The van der Waals surface area contributed by atoms with E-state index >= 15 is 0 Å². The van der Waals surface area contributed by atoms with Gasteiger partial charge in [-0.2, -0.15) is 0 Å². The van der Waals surface area contributed by atoms with Crippen molar-refractivity contribution in [1.82, 2.24) is 10.2 Å². The molecule has 1 N–H and O–H groups in total. The molecule has 1 atom stereocenters. The van der Waals surface area contributed by atoms with Crippen LogP contribution in [0, 0.1) is 0 Å². The van der Waals surface area contributed by atoms with Crippen LogP contribution in [-0.4, -0.2) is 36.0 Å². The maximum atomic E-state index is 12.5. The van der Waals surface area contributed by atoms with Gasteiger partial charge in [0.1, 0.15) is 0 Å². The first kappa shape index (κ1) is 12.1. The Morgan fingerprint density at radius 2 is 2.06 bits per heavy atom. The van der Waals surface area contributed by atoms with Crippen LogP contribution in [0.1, 0.15) is 30.6 Å². The summed E-state index contributed by atoms with van der Waals surface area (Å²) in [6.45, 7) is 6.09. The summed E-state index contributed by atoms with van der Waals surface area (Å²) >= 11 is 0. The highest BCUT2D eigenvalue weighted by atomic mass is 16.2. The Hall–Kier alpha value is -1.35. The lowest BCUT2D eigenvalue weighted by Gasteiger charge is -2.32. The lowest BCUT2D eigenvalue weighted by atomic mass is 10.1. The molecular formula is C14H20N2O. The SMILES string of the molecule is CC(C)N(C(=O)c1ccccc1)C1CCNC1. The minimum Gasteiger partial charge on any atom is -0.332 e. The van der Waals surface area contributed by atoms with Gasteiger partial charge in [0.2, 0.25) is 0 Å². The molecule has 1 heterocycles. The van der Waals surface area contributed by atoms with Crippen LogP contribution < -0.4 is 5.32 Å². The van der Waals surface area contributed by atoms with Crippen LogP contribution in [0.15, 0.2) is 30.3 Å². The maximum Gasteiger partial charge on any atom is 0.254 e. The van der Waals surface area contributed by atoms with Crippen molar-refractivity contribution in [2.45, 2.75) is 32.4 Å². The Labute approximate surface area is 103 Å². The number of benzene rings is 1. The smallest absolute Gasteiger partial charge is 0.254 e. The fourth-order valence-corrected chi connectivity index (χ4v) is 2.43. The molecule has 1 aromatic carbocycles. The molecule has 0 spiro atoms. The van der Waals surface area contributed by atoms with Crippen molar-refractivity contribution in [3.8, 4) is 0 Å². The third-order valence-electron chi connectivity index (χ3n) is 3.24. The van der Waals surface area contributed by atoms with E-state index in [9.17, 15) is 4.79 Å². The van der Waals surface area contributed by atoms with E-state index < -0.39 is 0 Å². The van der Waals surface area contributed by atoms with Gasteiger partial charge in [-0.3, -0.25) is 4.79 Å². The molecule has 1 amide bonds. The van der Waals surface area contributed by atoms with Gasteiger partial charge in [-0.25, -0.2) is 0 Å². The third kappa shape index (κ3) is 2.67. The van der Waals surface area contributed by atoms with Crippen LogP contribution in [-0.2, 0) is 0 Å². The minimum atomic E-state index is 0.148. The number of hydrogen-bond acceptors (Lipinski definition) is 2. The number of carbonyl (C=O) groups is 1. The number of rotatable bonds is 3. The predicted molar refractivity (Wildman–Crippen MR) is 69.0 cm³/mol. The van der Waals surface area contributed by atoms with Gasteiger partial charge in [-0.1, -0.05) is 18.2 Å². The van der Waals surface area contributed by atoms with E-state index in [4.69, 9.17) is 0 Å². The van der Waals surface area contributed by atoms with Crippen molar-refractivity contribution in [3.63, 3.8) is 0 Å². The number of nitrogens with one attached hydrogen (secondary N) is 1. The highest BCUT2D eigenvalue weighted by Gasteiger charge is 2.28. The Balaban J connectivity index is 2.19. The van der Waals surface area contributed by atoms with Gasteiger partial charge in [0, 0.05) is 24.2 Å². The second-order valence-corrected chi connectivity index (χ2v) is 4.82. The predicted octanol–water partition coefficient (Wildman–Crippen LogP) is 1.90. The van der Waals surface area contributed by atoms with Crippen molar-refractivity contribution >= 4 is 5.91 Å². The van der Waals surface area contributed by atoms with E-state index in [2.05, 4.69) is 19.2 Å². The number of amides is 1. The van der Waals surface area contributed by atoms with Crippen molar-refractivity contribution < 1.29 is 4.79 Å². The highest BCUT2D eigenvalue weighted by molar-refractivity contribution is 5.94. The summed E-state index contributed by atoms with van der Waals surface area (Å²) in [7, 11) is 0. The fraction of sp³-hybridized carbons (Fsp3) is 0.500. The Bertz CT molecular complexity index is 369. The molecule has 0 aromatic heterocycles. The molecule has 3 heteroatoms. The standard InChI is InChI=1S/C14H20N2O/c1-11(2)16(13-8-9-15-10-13)14(17)12-6-4-3-5-7-12/h3-7,11,13,15H,8-10H2,1-2H3. The molecule has 1 unspecified atom stereocenters. The Morgan fingerprint density at radius 3 is 2.59 bits per heavy atom. The first-order valence-corrected chi connectivity index (χ1v) is 6.28. The molecule has 1 aliphatic heterocycles. The van der Waals surface area contributed by atoms with Crippen molar-refractivity contribution in [2.75, 3.05) is 13.1 Å². The van der Waals surface area contributed by atoms with Gasteiger partial charge in [0.25, 0.3) is 5.91 Å². The zero-order valence-corrected chi connectivity index (χ0v) is 10.5. The first-order valence-electron chi connectivity index (χ1n) is 6.28. The van der Waals surface area contributed by atoms with E-state index in [-0.39, 0.29) is 11.9 Å². The number of nitrogens with zero attached hydrogens (tertiary/aromatic N) is 1. The van der Waals surface area contributed by atoms with Gasteiger partial charge < -0.3 is 10.2 Å². The second kappa shape index (κ2) is 5.32. The summed E-state index contributed by atoms with van der Waals surface area (Å²) in [6, 6.07) is 10.1. The average Bonchev–Trinajstić information content (AvgIpc) is 2.83. The maximum absolute atomic E-state index is 12.5. The molecule has 0 bridgehead atoms. The van der Waals surface area contributed by atoms with E-state index in [0.29, 0.717) is 6.04 Å². The molecule has 3 nitrogen and oxygen atoms in total. The molecule has 1 aliphatic rings. The van der Waals surface area contributed by atoms with Crippen LogP contribution in [0.5, 0.6) is 0 Å². The summed E-state index contributed by atoms with van der Waals surface area (Å²) in [6.07, 6.45) is 1.05. The molecule has 0 aliphatic carbocycles. The molecule has 1 saturated heterocycles. The van der Waals surface area contributed by atoms with Crippen LogP contribution in [0.4, 0.5) is 0 Å². The van der Waals surface area contributed by atoms with Crippen LogP contribution in [0.3, 0.4) is 0 Å². The van der Waals surface area contributed by atoms with Gasteiger partial charge in [0.05, 0.1) is 0 Å². The molecule has 2 rings (SSSR count). The van der Waals surface area contributed by atoms with E-state index in [1.165, 1.54) is 0 Å². The molecular weight excluding hydrogens is 212 g/mol. The van der Waals surface area contributed by atoms with E-state index in [1.54, 1.807) is 0 Å². The van der Waals surface area contributed by atoms with Gasteiger partial charge in [-0.15, -0.1) is 0 Å². The molecule has 0 saturated carbocycles. The molecule has 1 aromatic rings. The quantitative estimate of drug-likeness (QED) is 0.863. The lowest BCUT2D eigenvalue weighted by Crippen LogP contribution is -2.45.